The van der Waals surface area contributed by atoms with Gasteiger partial charge in [-0.1, -0.05) is 6.92 Å². The number of nitrogens with zero attached hydrogens (tertiary/aromatic N) is 3. The summed E-state index contributed by atoms with van der Waals surface area (Å²) >= 11 is 3.35. The van der Waals surface area contributed by atoms with Gasteiger partial charge in [-0.25, -0.2) is 0 Å². The zero-order valence-corrected chi connectivity index (χ0v) is 11.2. The highest BCUT2D eigenvalue weighted by molar-refractivity contribution is 9.10. The molecular formula is C12H14BrN3O. The Morgan fingerprint density at radius 3 is 2.94 bits per heavy atom. The number of hydrogen-bond acceptors (Lipinski definition) is 3. The van der Waals surface area contributed by atoms with E-state index in [0.29, 0.717) is 6.61 Å². The molecule has 0 aliphatic rings. The van der Waals surface area contributed by atoms with Crippen molar-refractivity contribution in [3.05, 3.63) is 40.9 Å². The Kier molecular flexibility index (Phi) is 4.14. The number of ether oxygens (including phenoxy) is 1. The van der Waals surface area contributed by atoms with Gasteiger partial charge in [-0.15, -0.1) is 0 Å². The standard InChI is InChI=1S/C12H14BrN3O/c1-2-5-16-8-12(7-15-16)17-9-11-4-3-10(13)6-14-11/h3-4,6-8H,2,5,9H2,1H3. The summed E-state index contributed by atoms with van der Waals surface area (Å²) in [5.41, 5.74) is 0.899. The van der Waals surface area contributed by atoms with Gasteiger partial charge >= 0.3 is 0 Å². The van der Waals surface area contributed by atoms with Gasteiger partial charge in [-0.3, -0.25) is 9.67 Å². The van der Waals surface area contributed by atoms with Gasteiger partial charge in [0.05, 0.1) is 18.1 Å². The lowest BCUT2D eigenvalue weighted by Gasteiger charge is -2.02. The Balaban J connectivity index is 1.90. The number of hydrogen-bond donors (Lipinski definition) is 0. The van der Waals surface area contributed by atoms with E-state index < -0.39 is 0 Å². The van der Waals surface area contributed by atoms with Crippen LogP contribution >= 0.6 is 15.9 Å². The van der Waals surface area contributed by atoms with Gasteiger partial charge in [0.2, 0.25) is 0 Å². The lowest BCUT2D eigenvalue weighted by molar-refractivity contribution is 0.301. The van der Waals surface area contributed by atoms with Gasteiger partial charge in [-0.05, 0) is 34.5 Å². The molecule has 0 aromatic carbocycles. The summed E-state index contributed by atoms with van der Waals surface area (Å²) < 4.78 is 8.45. The Morgan fingerprint density at radius 1 is 1.35 bits per heavy atom. The molecule has 0 aliphatic carbocycles. The van der Waals surface area contributed by atoms with Crippen LogP contribution in [0.1, 0.15) is 19.0 Å². The van der Waals surface area contributed by atoms with Crippen molar-refractivity contribution in [2.45, 2.75) is 26.5 Å². The lowest BCUT2D eigenvalue weighted by Crippen LogP contribution is -1.98. The lowest BCUT2D eigenvalue weighted by atomic mass is 10.4. The zero-order chi connectivity index (χ0) is 12.1. The Bertz CT molecular complexity index is 467. The van der Waals surface area contributed by atoms with Crippen LogP contribution in [0.5, 0.6) is 5.75 Å². The first kappa shape index (κ1) is 12.1. The maximum Gasteiger partial charge on any atom is 0.157 e. The van der Waals surface area contributed by atoms with Gasteiger partial charge in [0.25, 0.3) is 0 Å². The van der Waals surface area contributed by atoms with E-state index in [9.17, 15) is 0 Å². The Hall–Kier alpha value is -1.36. The zero-order valence-electron chi connectivity index (χ0n) is 9.64. The van der Waals surface area contributed by atoms with Crippen molar-refractivity contribution < 1.29 is 4.74 Å². The van der Waals surface area contributed by atoms with E-state index in [4.69, 9.17) is 4.74 Å². The molecule has 0 unspecified atom stereocenters. The minimum Gasteiger partial charge on any atom is -0.484 e. The van der Waals surface area contributed by atoms with Crippen molar-refractivity contribution in [1.29, 1.82) is 0 Å². The van der Waals surface area contributed by atoms with Gasteiger partial charge < -0.3 is 4.74 Å². The van der Waals surface area contributed by atoms with Crippen LogP contribution in [0.2, 0.25) is 0 Å². The van der Waals surface area contributed by atoms with Crippen LogP contribution < -0.4 is 4.74 Å². The minimum absolute atomic E-state index is 0.463. The van der Waals surface area contributed by atoms with Crippen LogP contribution in [0.15, 0.2) is 35.2 Å². The number of rotatable bonds is 5. The monoisotopic (exact) mass is 295 g/mol. The third kappa shape index (κ3) is 3.56. The molecule has 2 aromatic rings. The van der Waals surface area contributed by atoms with Crippen LogP contribution in [-0.2, 0) is 13.2 Å². The minimum atomic E-state index is 0.463. The Morgan fingerprint density at radius 2 is 2.24 bits per heavy atom. The maximum atomic E-state index is 5.60. The molecule has 4 nitrogen and oxygen atoms in total. The van der Waals surface area contributed by atoms with Gasteiger partial charge in [0.1, 0.15) is 6.61 Å². The van der Waals surface area contributed by atoms with Gasteiger partial charge in [0.15, 0.2) is 5.75 Å². The second-order valence-corrected chi connectivity index (χ2v) is 4.61. The van der Waals surface area contributed by atoms with E-state index >= 15 is 0 Å². The fourth-order valence-corrected chi connectivity index (χ4v) is 1.65. The van der Waals surface area contributed by atoms with Crippen molar-refractivity contribution in [2.75, 3.05) is 0 Å². The molecule has 2 heterocycles. The molecule has 0 amide bonds. The smallest absolute Gasteiger partial charge is 0.157 e. The quantitative estimate of drug-likeness (QED) is 0.851. The maximum absolute atomic E-state index is 5.60. The first-order chi connectivity index (χ1) is 8.28. The van der Waals surface area contributed by atoms with Crippen molar-refractivity contribution in [3.8, 4) is 5.75 Å². The molecule has 0 radical (unpaired) electrons. The summed E-state index contributed by atoms with van der Waals surface area (Å²) in [4.78, 5) is 4.24. The fraction of sp³-hybridized carbons (Fsp3) is 0.333. The molecular weight excluding hydrogens is 282 g/mol. The fourth-order valence-electron chi connectivity index (χ4n) is 1.42. The number of aromatic nitrogens is 3. The number of halogens is 1. The molecule has 90 valence electrons. The predicted octanol–water partition coefficient (Wildman–Crippen LogP) is 3.03. The van der Waals surface area contributed by atoms with E-state index in [0.717, 1.165) is 28.9 Å². The third-order valence-electron chi connectivity index (χ3n) is 2.24. The average molecular weight is 296 g/mol. The van der Waals surface area contributed by atoms with Crippen molar-refractivity contribution in [3.63, 3.8) is 0 Å². The average Bonchev–Trinajstić information content (AvgIpc) is 2.77. The van der Waals surface area contributed by atoms with Gasteiger partial charge in [0, 0.05) is 17.2 Å². The van der Waals surface area contributed by atoms with Crippen molar-refractivity contribution >= 4 is 15.9 Å². The van der Waals surface area contributed by atoms with E-state index in [1.807, 2.05) is 23.0 Å². The highest BCUT2D eigenvalue weighted by Gasteiger charge is 2.00. The van der Waals surface area contributed by atoms with E-state index in [-0.39, 0.29) is 0 Å². The largest absolute Gasteiger partial charge is 0.484 e. The third-order valence-corrected chi connectivity index (χ3v) is 2.71. The van der Waals surface area contributed by atoms with Crippen LogP contribution in [0.25, 0.3) is 0 Å². The molecule has 0 fully saturated rings. The highest BCUT2D eigenvalue weighted by atomic mass is 79.9. The van der Waals surface area contributed by atoms with Crippen molar-refractivity contribution in [2.24, 2.45) is 0 Å². The SMILES string of the molecule is CCCn1cc(OCc2ccc(Br)cn2)cn1. The number of pyridine rings is 1. The summed E-state index contributed by atoms with van der Waals surface area (Å²) in [6.07, 6.45) is 6.46. The van der Waals surface area contributed by atoms with Gasteiger partial charge in [-0.2, -0.15) is 5.10 Å². The molecule has 0 atom stereocenters. The topological polar surface area (TPSA) is 39.9 Å². The van der Waals surface area contributed by atoms with E-state index in [1.54, 1.807) is 12.4 Å². The summed E-state index contributed by atoms with van der Waals surface area (Å²) in [6, 6.07) is 3.88. The first-order valence-electron chi connectivity index (χ1n) is 5.53. The summed E-state index contributed by atoms with van der Waals surface area (Å²) in [7, 11) is 0. The Labute approximate surface area is 109 Å². The molecule has 0 saturated carbocycles. The van der Waals surface area contributed by atoms with Crippen LogP contribution in [0, 0.1) is 0 Å². The highest BCUT2D eigenvalue weighted by Crippen LogP contribution is 2.12. The molecule has 0 spiro atoms. The second kappa shape index (κ2) is 5.82. The molecule has 0 N–H and O–H groups in total. The first-order valence-corrected chi connectivity index (χ1v) is 6.33. The molecule has 5 heteroatoms. The molecule has 0 bridgehead atoms. The van der Waals surface area contributed by atoms with Crippen LogP contribution in [0.3, 0.4) is 0 Å². The summed E-state index contributed by atoms with van der Waals surface area (Å²) in [5, 5.41) is 4.20. The van der Waals surface area contributed by atoms with Crippen LogP contribution in [0.4, 0.5) is 0 Å². The molecule has 0 saturated heterocycles. The molecule has 17 heavy (non-hydrogen) atoms. The summed E-state index contributed by atoms with van der Waals surface area (Å²) in [5.74, 6) is 0.781. The predicted molar refractivity (Wildman–Crippen MR) is 68.8 cm³/mol. The number of aryl methyl sites for hydroxylation is 1. The van der Waals surface area contributed by atoms with Crippen LogP contribution in [-0.4, -0.2) is 14.8 Å². The molecule has 0 aliphatic heterocycles. The normalized spacial score (nSPS) is 10.5. The summed E-state index contributed by atoms with van der Waals surface area (Å²) in [6.45, 7) is 3.50. The molecule has 2 aromatic heterocycles. The van der Waals surface area contributed by atoms with E-state index in [1.165, 1.54) is 0 Å². The second-order valence-electron chi connectivity index (χ2n) is 3.70. The molecule has 2 rings (SSSR count). The van der Waals surface area contributed by atoms with Crippen molar-refractivity contribution in [1.82, 2.24) is 14.8 Å². The van der Waals surface area contributed by atoms with E-state index in [2.05, 4.69) is 32.9 Å².